The van der Waals surface area contributed by atoms with Gasteiger partial charge in [0.2, 0.25) is 0 Å². The van der Waals surface area contributed by atoms with E-state index >= 15 is 0 Å². The lowest BCUT2D eigenvalue weighted by Gasteiger charge is -2.18. The Balaban J connectivity index is 2.25. The highest BCUT2D eigenvalue weighted by molar-refractivity contribution is 5.81. The zero-order valence-corrected chi connectivity index (χ0v) is 11.3. The smallest absolute Gasteiger partial charge is 0.317 e. The second kappa shape index (κ2) is 5.30. The van der Waals surface area contributed by atoms with Gasteiger partial charge < -0.3 is 15.0 Å². The number of amides is 2. The maximum atomic E-state index is 11.8. The molecule has 1 aliphatic carbocycles. The van der Waals surface area contributed by atoms with Crippen molar-refractivity contribution >= 4 is 12.0 Å². The van der Waals surface area contributed by atoms with Gasteiger partial charge >= 0.3 is 12.0 Å². The third-order valence-corrected chi connectivity index (χ3v) is 3.41. The van der Waals surface area contributed by atoms with Crippen LogP contribution in [-0.2, 0) is 9.53 Å². The number of rotatable bonds is 2. The second-order valence-corrected chi connectivity index (χ2v) is 4.84. The number of nitrogens with zero attached hydrogens (tertiary/aromatic N) is 1. The Morgan fingerprint density at radius 3 is 2.47 bits per heavy atom. The Kier molecular flexibility index (Phi) is 3.74. The van der Waals surface area contributed by atoms with Crippen LogP contribution in [0.2, 0.25) is 0 Å². The van der Waals surface area contributed by atoms with Crippen LogP contribution in [0.1, 0.15) is 29.5 Å². The zero-order valence-electron chi connectivity index (χ0n) is 11.3. The van der Waals surface area contributed by atoms with Crippen LogP contribution in [0, 0.1) is 0 Å². The molecule has 0 saturated heterocycles. The number of hydrogen-bond acceptors (Lipinski definition) is 3. The molecule has 0 unspecified atom stereocenters. The Morgan fingerprint density at radius 2 is 1.89 bits per heavy atom. The molecule has 5 nitrogen and oxygen atoms in total. The first-order chi connectivity index (χ1) is 9.04. The van der Waals surface area contributed by atoms with Gasteiger partial charge in [0, 0.05) is 14.1 Å². The summed E-state index contributed by atoms with van der Waals surface area (Å²) in [6, 6.07) is 7.36. The molecule has 102 valence electrons. The van der Waals surface area contributed by atoms with Crippen LogP contribution >= 0.6 is 0 Å². The molecule has 0 fully saturated rings. The van der Waals surface area contributed by atoms with E-state index in [9.17, 15) is 9.59 Å². The molecule has 2 atom stereocenters. The van der Waals surface area contributed by atoms with Gasteiger partial charge in [0.05, 0.1) is 19.1 Å². The quantitative estimate of drug-likeness (QED) is 0.825. The van der Waals surface area contributed by atoms with Crippen molar-refractivity contribution in [3.05, 3.63) is 35.4 Å². The molecular formula is C14H18N2O3. The molecule has 2 rings (SSSR count). The van der Waals surface area contributed by atoms with E-state index in [4.69, 9.17) is 4.74 Å². The van der Waals surface area contributed by atoms with E-state index in [0.29, 0.717) is 6.42 Å². The number of carbonyl (C=O) groups excluding carboxylic acids is 2. The molecule has 0 heterocycles. The minimum absolute atomic E-state index is 0.143. The lowest BCUT2D eigenvalue weighted by molar-refractivity contribution is -0.142. The minimum Gasteiger partial charge on any atom is -0.469 e. The molecule has 2 amide bonds. The normalized spacial score (nSPS) is 20.6. The fraction of sp³-hybridized carbons (Fsp3) is 0.429. The summed E-state index contributed by atoms with van der Waals surface area (Å²) >= 11 is 0. The standard InChI is InChI=1S/C14H18N2O3/c1-16(2)14(18)15-12-8-11(13(17)19-3)9-6-4-5-7-10(9)12/h4-7,11-12H,8H2,1-3H3,(H,15,18)/t11-,12+/m1/s1. The molecule has 1 aromatic rings. The number of fused-ring (bicyclic) bond motifs is 1. The van der Waals surface area contributed by atoms with Crippen molar-refractivity contribution in [1.29, 1.82) is 0 Å². The summed E-state index contributed by atoms with van der Waals surface area (Å²) in [6.07, 6.45) is 0.547. The van der Waals surface area contributed by atoms with Gasteiger partial charge in [0.1, 0.15) is 0 Å². The molecule has 0 aliphatic heterocycles. The van der Waals surface area contributed by atoms with Gasteiger partial charge in [-0.05, 0) is 17.5 Å². The van der Waals surface area contributed by atoms with Gasteiger partial charge in [-0.2, -0.15) is 0 Å². The SMILES string of the molecule is COC(=O)[C@@H]1C[C@H](NC(=O)N(C)C)c2ccccc21. The number of benzene rings is 1. The molecule has 1 aromatic carbocycles. The van der Waals surface area contributed by atoms with Crippen molar-refractivity contribution in [2.75, 3.05) is 21.2 Å². The van der Waals surface area contributed by atoms with E-state index in [1.807, 2.05) is 24.3 Å². The van der Waals surface area contributed by atoms with Crippen molar-refractivity contribution in [3.63, 3.8) is 0 Å². The predicted octanol–water partition coefficient (Wildman–Crippen LogP) is 1.66. The van der Waals surface area contributed by atoms with Gasteiger partial charge in [-0.15, -0.1) is 0 Å². The number of urea groups is 1. The Morgan fingerprint density at radius 1 is 1.26 bits per heavy atom. The second-order valence-electron chi connectivity index (χ2n) is 4.84. The zero-order chi connectivity index (χ0) is 14.0. The van der Waals surface area contributed by atoms with Crippen LogP contribution < -0.4 is 5.32 Å². The van der Waals surface area contributed by atoms with Crippen LogP contribution in [0.4, 0.5) is 4.79 Å². The van der Waals surface area contributed by atoms with Crippen LogP contribution in [0.25, 0.3) is 0 Å². The maximum Gasteiger partial charge on any atom is 0.317 e. The predicted molar refractivity (Wildman–Crippen MR) is 70.8 cm³/mol. The third-order valence-electron chi connectivity index (χ3n) is 3.41. The van der Waals surface area contributed by atoms with Crippen LogP contribution in [0.3, 0.4) is 0 Å². The van der Waals surface area contributed by atoms with Crippen molar-refractivity contribution in [1.82, 2.24) is 10.2 Å². The van der Waals surface area contributed by atoms with Crippen LogP contribution in [0.15, 0.2) is 24.3 Å². The molecule has 0 spiro atoms. The van der Waals surface area contributed by atoms with Gasteiger partial charge in [-0.1, -0.05) is 24.3 Å². The molecule has 0 bridgehead atoms. The van der Waals surface area contributed by atoms with E-state index in [2.05, 4.69) is 5.32 Å². The van der Waals surface area contributed by atoms with Gasteiger partial charge in [0.25, 0.3) is 0 Å². The van der Waals surface area contributed by atoms with E-state index in [1.165, 1.54) is 12.0 Å². The summed E-state index contributed by atoms with van der Waals surface area (Å²) in [4.78, 5) is 25.0. The van der Waals surface area contributed by atoms with E-state index in [-0.39, 0.29) is 24.0 Å². The lowest BCUT2D eigenvalue weighted by Crippen LogP contribution is -2.36. The maximum absolute atomic E-state index is 11.8. The van der Waals surface area contributed by atoms with Crippen LogP contribution in [0.5, 0.6) is 0 Å². The topological polar surface area (TPSA) is 58.6 Å². The fourth-order valence-corrected chi connectivity index (χ4v) is 2.42. The molecule has 0 aromatic heterocycles. The molecular weight excluding hydrogens is 244 g/mol. The number of ether oxygens (including phenoxy) is 1. The Bertz CT molecular complexity index is 499. The van der Waals surface area contributed by atoms with Gasteiger partial charge in [0.15, 0.2) is 0 Å². The first-order valence-corrected chi connectivity index (χ1v) is 6.19. The molecule has 0 saturated carbocycles. The summed E-state index contributed by atoms with van der Waals surface area (Å²) in [6.45, 7) is 0. The van der Waals surface area contributed by atoms with E-state index < -0.39 is 0 Å². The third kappa shape index (κ3) is 2.54. The highest BCUT2D eigenvalue weighted by Gasteiger charge is 2.36. The number of hydrogen-bond donors (Lipinski definition) is 1. The first kappa shape index (κ1) is 13.4. The number of nitrogens with one attached hydrogen (secondary N) is 1. The summed E-state index contributed by atoms with van der Waals surface area (Å²) in [5.41, 5.74) is 1.94. The molecule has 0 radical (unpaired) electrons. The minimum atomic E-state index is -0.298. The highest BCUT2D eigenvalue weighted by Crippen LogP contribution is 2.40. The molecule has 19 heavy (non-hydrogen) atoms. The van der Waals surface area contributed by atoms with Crippen molar-refractivity contribution < 1.29 is 14.3 Å². The van der Waals surface area contributed by atoms with Crippen molar-refractivity contribution in [2.24, 2.45) is 0 Å². The fourth-order valence-electron chi connectivity index (χ4n) is 2.42. The average Bonchev–Trinajstić information content (AvgIpc) is 2.77. The van der Waals surface area contributed by atoms with Crippen LogP contribution in [-0.4, -0.2) is 38.1 Å². The average molecular weight is 262 g/mol. The highest BCUT2D eigenvalue weighted by atomic mass is 16.5. The summed E-state index contributed by atoms with van der Waals surface area (Å²) in [5, 5.41) is 2.92. The van der Waals surface area contributed by atoms with Gasteiger partial charge in [-0.3, -0.25) is 4.79 Å². The number of esters is 1. The number of methoxy groups -OCH3 is 1. The monoisotopic (exact) mass is 262 g/mol. The Hall–Kier alpha value is -2.04. The summed E-state index contributed by atoms with van der Waals surface area (Å²) < 4.78 is 4.83. The van der Waals surface area contributed by atoms with Gasteiger partial charge in [-0.25, -0.2) is 4.79 Å². The van der Waals surface area contributed by atoms with Crippen molar-refractivity contribution in [2.45, 2.75) is 18.4 Å². The largest absolute Gasteiger partial charge is 0.469 e. The van der Waals surface area contributed by atoms with Crippen molar-refractivity contribution in [3.8, 4) is 0 Å². The Labute approximate surface area is 112 Å². The summed E-state index contributed by atoms with van der Waals surface area (Å²) in [7, 11) is 4.76. The molecule has 1 N–H and O–H groups in total. The first-order valence-electron chi connectivity index (χ1n) is 6.19. The lowest BCUT2D eigenvalue weighted by atomic mass is 10.0. The van der Waals surface area contributed by atoms with E-state index in [1.54, 1.807) is 14.1 Å². The molecule has 5 heteroatoms. The van der Waals surface area contributed by atoms with E-state index in [0.717, 1.165) is 11.1 Å². The summed E-state index contributed by atoms with van der Waals surface area (Å²) in [5.74, 6) is -0.553. The number of carbonyl (C=O) groups is 2. The molecule has 1 aliphatic rings.